The molecule has 0 aromatic heterocycles. The number of aliphatic hydroxyl groups is 1. The van der Waals surface area contributed by atoms with Gasteiger partial charge >= 0.3 is 55.6 Å². The van der Waals surface area contributed by atoms with E-state index in [1.165, 1.54) is 45.6 Å². The van der Waals surface area contributed by atoms with Crippen LogP contribution in [0.5, 0.6) is 0 Å². The molecule has 2 bridgehead atoms. The minimum Gasteiger partial charge on any atom is -0.735 e. The Hall–Kier alpha value is -0.910. The number of phosphoric ester groups is 1. The molecule has 22 heteroatoms. The van der Waals surface area contributed by atoms with E-state index in [0.29, 0.717) is 36.9 Å². The first-order valence-corrected chi connectivity index (χ1v) is 25.5. The van der Waals surface area contributed by atoms with Crippen LogP contribution in [-0.4, -0.2) is 149 Å². The quantitative estimate of drug-likeness (QED) is 0.0115. The number of ether oxygens (including phenoxy) is 6. The van der Waals surface area contributed by atoms with Crippen LogP contribution in [0.1, 0.15) is 136 Å². The molecule has 0 aliphatic carbocycles. The van der Waals surface area contributed by atoms with Gasteiger partial charge in [0, 0.05) is 39.4 Å². The number of carbonyl (C=O) groups is 3. The third-order valence-electron chi connectivity index (χ3n) is 10.6. The van der Waals surface area contributed by atoms with E-state index >= 15 is 0 Å². The summed E-state index contributed by atoms with van der Waals surface area (Å²) < 4.78 is 78.9. The van der Waals surface area contributed by atoms with E-state index in [-0.39, 0.29) is 73.7 Å². The van der Waals surface area contributed by atoms with Crippen molar-refractivity contribution in [1.82, 2.24) is 4.72 Å². The Labute approximate surface area is 404 Å². The second-order valence-electron chi connectivity index (χ2n) is 17.5. The van der Waals surface area contributed by atoms with Crippen LogP contribution in [0.4, 0.5) is 0 Å². The Morgan fingerprint density at radius 3 is 2.09 bits per heavy atom. The summed E-state index contributed by atoms with van der Waals surface area (Å²) in [6, 6.07) is -0.924. The largest absolute Gasteiger partial charge is 1.00 e. The molecule has 0 aromatic carbocycles. The first-order chi connectivity index (χ1) is 29.7. The molecule has 2 unspecified atom stereocenters. The maximum absolute atomic E-state index is 12.5. The fourth-order valence-electron chi connectivity index (χ4n) is 7.34. The number of unbranched alkanes of at least 4 members (excludes halogenated alkanes) is 13. The molecule has 2 saturated heterocycles. The number of likely N-dealkylation sites (N-methyl/N-ethyl adjacent to an activating group) is 1. The third kappa shape index (κ3) is 29.8. The molecule has 2 aliphatic rings. The summed E-state index contributed by atoms with van der Waals surface area (Å²) in [7, 11) is -3.34. The molecule has 2 heterocycles. The fourth-order valence-corrected chi connectivity index (χ4v) is 8.63. The van der Waals surface area contributed by atoms with Gasteiger partial charge in [0.25, 0.3) is 0 Å². The fraction of sp³-hybridized carbons (Fsp3) is 0.881. The molecular weight excluding hydrogens is 890 g/mol. The van der Waals surface area contributed by atoms with Crippen LogP contribution >= 0.6 is 8.17 Å². The third-order valence-corrected chi connectivity index (χ3v) is 12.2. The van der Waals surface area contributed by atoms with Crippen molar-refractivity contribution < 1.29 is 114 Å². The minimum absolute atomic E-state index is 0. The average molecular weight is 968 g/mol. The van der Waals surface area contributed by atoms with E-state index in [4.69, 9.17) is 42.6 Å². The molecule has 368 valence electrons. The number of nitrogens with one attached hydrogen (secondary N) is 1. The normalized spacial score (nSPS) is 21.8. The van der Waals surface area contributed by atoms with Crippen LogP contribution in [0.25, 0.3) is 0 Å². The van der Waals surface area contributed by atoms with Gasteiger partial charge in [-0.2, -0.15) is 13.9 Å². The van der Waals surface area contributed by atoms with Crippen molar-refractivity contribution in [1.29, 1.82) is 0 Å². The van der Waals surface area contributed by atoms with E-state index in [9.17, 15) is 37.1 Å². The van der Waals surface area contributed by atoms with Crippen LogP contribution in [0.2, 0.25) is 0 Å². The van der Waals surface area contributed by atoms with Crippen molar-refractivity contribution >= 4 is 36.4 Å². The van der Waals surface area contributed by atoms with Gasteiger partial charge in [0.05, 0.1) is 46.5 Å². The number of aliphatic hydroxyl groups excluding tert-OH is 1. The van der Waals surface area contributed by atoms with Gasteiger partial charge in [-0.15, -0.1) is 0 Å². The van der Waals surface area contributed by atoms with Gasteiger partial charge in [-0.1, -0.05) is 76.7 Å². The molecule has 3 N–H and O–H groups in total. The second-order valence-corrected chi connectivity index (χ2v) is 20.1. The summed E-state index contributed by atoms with van der Waals surface area (Å²) in [6.07, 6.45) is 19.0. The molecule has 19 nitrogen and oxygen atoms in total. The van der Waals surface area contributed by atoms with Crippen molar-refractivity contribution in [3.8, 4) is 0 Å². The number of carbonyl (C=O) groups excluding carboxylic acids is 3. The summed E-state index contributed by atoms with van der Waals surface area (Å²) in [4.78, 5) is 58.0. The standard InChI is InChI=1S/C42H77N2O17PS.Na/c1-34(46)55-32-37(33-57-62(49,50)56-29-27-44(3,4)5)59-40(48)23-19-15-13-14-18-22-39-41-38(58-35(2)47)24-26-42(60-39,61-41)25-20-16-11-9-7-6-8-10-12-17-21-28-54-31-36(30-45)43-63(51,52)53;/h19,23,36-39,41,43,45H,6-18,20-22,24-33H2,1-5H3,(H-,49,50,51,52,53);/q;+1/b23-19+;/t36?,37-,38-,39-,41+,42+;/m1./s1. The van der Waals surface area contributed by atoms with Gasteiger partial charge < -0.3 is 47.5 Å². The summed E-state index contributed by atoms with van der Waals surface area (Å²) in [5.41, 5.74) is 0. The van der Waals surface area contributed by atoms with Gasteiger partial charge in [-0.3, -0.25) is 9.59 Å². The van der Waals surface area contributed by atoms with Gasteiger partial charge in [-0.25, -0.2) is 17.9 Å². The molecule has 2 rings (SSSR count). The van der Waals surface area contributed by atoms with Crippen molar-refractivity contribution in [3.63, 3.8) is 0 Å². The molecule has 7 atom stereocenters. The first kappa shape index (κ1) is 61.1. The average Bonchev–Trinajstić information content (AvgIpc) is 3.48. The number of rotatable bonds is 37. The van der Waals surface area contributed by atoms with Crippen molar-refractivity contribution in [2.45, 2.75) is 172 Å². The van der Waals surface area contributed by atoms with E-state index in [0.717, 1.165) is 77.0 Å². The Balaban J connectivity index is 0.0000205. The number of allylic oxidation sites excluding steroid dienone is 1. The molecule has 2 fully saturated rings. The van der Waals surface area contributed by atoms with Crippen LogP contribution < -0.4 is 39.2 Å². The summed E-state index contributed by atoms with van der Waals surface area (Å²) in [5, 5.41) is 9.14. The number of esters is 3. The van der Waals surface area contributed by atoms with Crippen LogP contribution in [-0.2, 0) is 62.2 Å². The molecule has 0 radical (unpaired) electrons. The first-order valence-electron chi connectivity index (χ1n) is 22.6. The van der Waals surface area contributed by atoms with Crippen molar-refractivity contribution in [2.24, 2.45) is 0 Å². The van der Waals surface area contributed by atoms with E-state index in [1.807, 2.05) is 21.1 Å². The zero-order chi connectivity index (χ0) is 46.8. The maximum atomic E-state index is 12.5. The summed E-state index contributed by atoms with van der Waals surface area (Å²) in [5.74, 6) is -2.31. The van der Waals surface area contributed by atoms with Gasteiger partial charge in [-0.05, 0) is 38.5 Å². The predicted octanol–water partition coefficient (Wildman–Crippen LogP) is 1.06. The Kier molecular flexibility index (Phi) is 31.3. The Morgan fingerprint density at radius 2 is 1.50 bits per heavy atom. The summed E-state index contributed by atoms with van der Waals surface area (Å²) in [6.45, 7) is 2.09. The SMILES string of the molecule is CC(=O)OC[C@H](CO[P+]([O-])(O)OCC[N+](C)(C)C)OC(=O)/C=C/CCCCC[C@H]1O[C@]2(CCCCCCCCCCCCCOCC(CO)NS(=O)(=O)[O-])CC[C@@H](OC(C)=O)[C@@H]1O2.[Na+]. The molecule has 2 aliphatic heterocycles. The Morgan fingerprint density at radius 1 is 0.875 bits per heavy atom. The predicted molar refractivity (Wildman–Crippen MR) is 230 cm³/mol. The van der Waals surface area contributed by atoms with Gasteiger partial charge in [0.1, 0.15) is 38.6 Å². The number of nitrogens with zero attached hydrogens (tertiary/aromatic N) is 1. The van der Waals surface area contributed by atoms with Crippen LogP contribution in [0, 0.1) is 0 Å². The number of fused-ring (bicyclic) bond motifs is 2. The molecule has 0 aromatic rings. The molecule has 64 heavy (non-hydrogen) atoms. The molecule has 0 saturated carbocycles. The van der Waals surface area contributed by atoms with E-state index < -0.39 is 61.6 Å². The number of phosphoric acid groups is 1. The van der Waals surface area contributed by atoms with Crippen LogP contribution in [0.3, 0.4) is 0 Å². The minimum atomic E-state index is -4.62. The van der Waals surface area contributed by atoms with Gasteiger partial charge in [0.2, 0.25) is 0 Å². The van der Waals surface area contributed by atoms with Crippen molar-refractivity contribution in [3.05, 3.63) is 12.2 Å². The molecule has 0 spiro atoms. The topological polar surface area (TPSA) is 258 Å². The van der Waals surface area contributed by atoms with E-state index in [1.54, 1.807) is 10.8 Å². The smallest absolute Gasteiger partial charge is 0.735 e. The monoisotopic (exact) mass is 967 g/mol. The molecule has 0 amide bonds. The Bertz CT molecular complexity index is 1460. The summed E-state index contributed by atoms with van der Waals surface area (Å²) >= 11 is 0. The molecular formula is C42H77N2NaO17PS+. The second kappa shape index (κ2) is 32.8. The number of hydrogen-bond donors (Lipinski definition) is 3. The zero-order valence-corrected chi connectivity index (χ0v) is 43.0. The number of quaternary nitrogens is 1. The van der Waals surface area contributed by atoms with E-state index in [2.05, 4.69) is 0 Å². The van der Waals surface area contributed by atoms with Crippen LogP contribution in [0.15, 0.2) is 12.2 Å². The van der Waals surface area contributed by atoms with Gasteiger partial charge in [0.15, 0.2) is 22.2 Å². The maximum Gasteiger partial charge on any atom is 1.00 e. The number of hydrogen-bond acceptors (Lipinski definition) is 17. The zero-order valence-electron chi connectivity index (χ0n) is 39.2. The van der Waals surface area contributed by atoms with Crippen molar-refractivity contribution in [2.75, 3.05) is 67.3 Å².